The highest BCUT2D eigenvalue weighted by atomic mass is 16.5. The van der Waals surface area contributed by atoms with Crippen molar-refractivity contribution in [2.75, 3.05) is 11.5 Å². The first-order chi connectivity index (χ1) is 7.75. The smallest absolute Gasteiger partial charge is 0.153 e. The molecule has 0 radical (unpaired) electrons. The van der Waals surface area contributed by atoms with E-state index < -0.39 is 0 Å². The Morgan fingerprint density at radius 2 is 1.31 bits per heavy atom. The third-order valence-corrected chi connectivity index (χ3v) is 2.84. The lowest BCUT2D eigenvalue weighted by Gasteiger charge is -2.22. The molecule has 0 aromatic heterocycles. The second kappa shape index (κ2) is 3.17. The zero-order valence-corrected chi connectivity index (χ0v) is 8.73. The molecule has 0 saturated carbocycles. The third kappa shape index (κ3) is 1.21. The van der Waals surface area contributed by atoms with Gasteiger partial charge in [0.2, 0.25) is 0 Å². The topological polar surface area (TPSA) is 61.3 Å². The lowest BCUT2D eigenvalue weighted by atomic mass is 9.99. The molecule has 16 heavy (non-hydrogen) atoms. The Morgan fingerprint density at radius 1 is 0.812 bits per heavy atom. The molecule has 1 aliphatic rings. The van der Waals surface area contributed by atoms with Crippen molar-refractivity contribution in [2.45, 2.75) is 6.42 Å². The van der Waals surface area contributed by atoms with Gasteiger partial charge in [-0.3, -0.25) is 0 Å². The minimum absolute atomic E-state index is 0.659. The number of rotatable bonds is 0. The van der Waals surface area contributed by atoms with Crippen LogP contribution in [0.4, 0.5) is 11.4 Å². The Bertz CT molecular complexity index is 514. The van der Waals surface area contributed by atoms with Gasteiger partial charge in [-0.1, -0.05) is 24.3 Å². The summed E-state index contributed by atoms with van der Waals surface area (Å²) in [7, 11) is 0. The largest absolute Gasteiger partial charge is 0.452 e. The minimum Gasteiger partial charge on any atom is -0.452 e. The molecule has 1 aliphatic heterocycles. The van der Waals surface area contributed by atoms with E-state index in [4.69, 9.17) is 16.2 Å². The zero-order valence-electron chi connectivity index (χ0n) is 8.73. The fourth-order valence-electron chi connectivity index (χ4n) is 2.04. The average molecular weight is 212 g/mol. The maximum atomic E-state index is 5.88. The molecule has 3 nitrogen and oxygen atoms in total. The van der Waals surface area contributed by atoms with E-state index >= 15 is 0 Å². The number of ether oxygens (including phenoxy) is 1. The van der Waals surface area contributed by atoms with E-state index in [0.717, 1.165) is 29.0 Å². The maximum absolute atomic E-state index is 5.88. The molecule has 0 unspecified atom stereocenters. The van der Waals surface area contributed by atoms with Crippen LogP contribution in [0, 0.1) is 0 Å². The summed E-state index contributed by atoms with van der Waals surface area (Å²) in [5.41, 5.74) is 15.3. The minimum atomic E-state index is 0.659. The molecular formula is C13H12N2O. The third-order valence-electron chi connectivity index (χ3n) is 2.84. The summed E-state index contributed by atoms with van der Waals surface area (Å²) >= 11 is 0. The van der Waals surface area contributed by atoms with Crippen LogP contribution < -0.4 is 16.2 Å². The van der Waals surface area contributed by atoms with Crippen molar-refractivity contribution in [1.82, 2.24) is 0 Å². The Morgan fingerprint density at radius 3 is 1.81 bits per heavy atom. The molecule has 1 heterocycles. The Hall–Kier alpha value is -2.16. The Balaban J connectivity index is 2.17. The van der Waals surface area contributed by atoms with Crippen LogP contribution >= 0.6 is 0 Å². The highest BCUT2D eigenvalue weighted by Gasteiger charge is 2.20. The van der Waals surface area contributed by atoms with Crippen LogP contribution in [-0.2, 0) is 6.42 Å². The summed E-state index contributed by atoms with van der Waals surface area (Å²) in [6.45, 7) is 0. The van der Waals surface area contributed by atoms with Crippen molar-refractivity contribution in [3.63, 3.8) is 0 Å². The molecule has 0 saturated heterocycles. The molecule has 0 spiro atoms. The van der Waals surface area contributed by atoms with Gasteiger partial charge in [-0.2, -0.15) is 0 Å². The summed E-state index contributed by atoms with van der Waals surface area (Å²) in [5.74, 6) is 1.49. The van der Waals surface area contributed by atoms with Gasteiger partial charge < -0.3 is 16.2 Å². The van der Waals surface area contributed by atoms with Gasteiger partial charge in [-0.05, 0) is 12.1 Å². The van der Waals surface area contributed by atoms with E-state index in [2.05, 4.69) is 0 Å². The van der Waals surface area contributed by atoms with Gasteiger partial charge in [-0.25, -0.2) is 0 Å². The molecule has 80 valence electrons. The molecule has 0 fully saturated rings. The lowest BCUT2D eigenvalue weighted by molar-refractivity contribution is 0.465. The number of para-hydroxylation sites is 2. The Kier molecular flexibility index (Phi) is 1.80. The van der Waals surface area contributed by atoms with Crippen molar-refractivity contribution >= 4 is 11.4 Å². The molecule has 2 aromatic carbocycles. The normalized spacial score (nSPS) is 12.5. The predicted molar refractivity (Wildman–Crippen MR) is 64.6 cm³/mol. The highest BCUT2D eigenvalue weighted by Crippen LogP contribution is 2.42. The lowest BCUT2D eigenvalue weighted by Crippen LogP contribution is -2.07. The molecular weight excluding hydrogens is 200 g/mol. The number of nitrogens with two attached hydrogens (primary N) is 2. The van der Waals surface area contributed by atoms with E-state index in [1.165, 1.54) is 0 Å². The van der Waals surface area contributed by atoms with E-state index in [1.54, 1.807) is 0 Å². The number of anilines is 2. The van der Waals surface area contributed by atoms with Crippen LogP contribution in [0.5, 0.6) is 11.5 Å². The Labute approximate surface area is 93.6 Å². The molecule has 0 amide bonds. The van der Waals surface area contributed by atoms with E-state index in [9.17, 15) is 0 Å². The molecule has 0 aliphatic carbocycles. The van der Waals surface area contributed by atoms with E-state index in [1.807, 2.05) is 36.4 Å². The van der Waals surface area contributed by atoms with Crippen molar-refractivity contribution < 1.29 is 4.74 Å². The fraction of sp³-hybridized carbons (Fsp3) is 0.0769. The predicted octanol–water partition coefficient (Wildman–Crippen LogP) is 2.55. The first-order valence-corrected chi connectivity index (χ1v) is 5.18. The van der Waals surface area contributed by atoms with Crippen molar-refractivity contribution in [3.05, 3.63) is 47.5 Å². The monoisotopic (exact) mass is 212 g/mol. The van der Waals surface area contributed by atoms with Crippen LogP contribution in [0.3, 0.4) is 0 Å². The van der Waals surface area contributed by atoms with Gasteiger partial charge in [0.15, 0.2) is 11.5 Å². The summed E-state index contributed by atoms with van der Waals surface area (Å²) in [6, 6.07) is 11.6. The second-order valence-corrected chi connectivity index (χ2v) is 3.95. The summed E-state index contributed by atoms with van der Waals surface area (Å²) in [4.78, 5) is 0. The SMILES string of the molecule is Nc1cccc2c1Oc1c(N)cccc1C2. The van der Waals surface area contributed by atoms with Gasteiger partial charge in [0.25, 0.3) is 0 Å². The van der Waals surface area contributed by atoms with Gasteiger partial charge >= 0.3 is 0 Å². The molecule has 3 heteroatoms. The van der Waals surface area contributed by atoms with Gasteiger partial charge in [-0.15, -0.1) is 0 Å². The van der Waals surface area contributed by atoms with Crippen LogP contribution in [-0.4, -0.2) is 0 Å². The average Bonchev–Trinajstić information content (AvgIpc) is 2.28. The number of hydrogen-bond donors (Lipinski definition) is 2. The van der Waals surface area contributed by atoms with Gasteiger partial charge in [0.05, 0.1) is 11.4 Å². The van der Waals surface area contributed by atoms with Crippen molar-refractivity contribution in [2.24, 2.45) is 0 Å². The number of hydrogen-bond acceptors (Lipinski definition) is 3. The highest BCUT2D eigenvalue weighted by molar-refractivity contribution is 5.67. The summed E-state index contributed by atoms with van der Waals surface area (Å²) < 4.78 is 5.79. The van der Waals surface area contributed by atoms with Crippen LogP contribution in [0.2, 0.25) is 0 Å². The molecule has 0 atom stereocenters. The van der Waals surface area contributed by atoms with Gasteiger partial charge in [0, 0.05) is 17.5 Å². The first kappa shape index (κ1) is 9.09. The standard InChI is InChI=1S/C13H12N2O/c14-10-5-1-3-8-7-9-4-2-6-11(15)13(9)16-12(8)10/h1-6H,7,14-15H2. The van der Waals surface area contributed by atoms with Crippen molar-refractivity contribution in [1.29, 1.82) is 0 Å². The van der Waals surface area contributed by atoms with Crippen LogP contribution in [0.25, 0.3) is 0 Å². The first-order valence-electron chi connectivity index (χ1n) is 5.18. The van der Waals surface area contributed by atoms with Gasteiger partial charge in [0.1, 0.15) is 0 Å². The summed E-state index contributed by atoms with van der Waals surface area (Å²) in [5, 5.41) is 0. The van der Waals surface area contributed by atoms with E-state index in [0.29, 0.717) is 11.4 Å². The number of benzene rings is 2. The molecule has 4 N–H and O–H groups in total. The van der Waals surface area contributed by atoms with Crippen LogP contribution in [0.1, 0.15) is 11.1 Å². The maximum Gasteiger partial charge on any atom is 0.153 e. The second-order valence-electron chi connectivity index (χ2n) is 3.95. The van der Waals surface area contributed by atoms with E-state index in [-0.39, 0.29) is 0 Å². The molecule has 0 bridgehead atoms. The van der Waals surface area contributed by atoms with Crippen LogP contribution in [0.15, 0.2) is 36.4 Å². The summed E-state index contributed by atoms with van der Waals surface area (Å²) in [6.07, 6.45) is 0.820. The number of nitrogen functional groups attached to an aromatic ring is 2. The zero-order chi connectivity index (χ0) is 11.1. The molecule has 2 aromatic rings. The molecule has 3 rings (SSSR count). The van der Waals surface area contributed by atoms with Crippen molar-refractivity contribution in [3.8, 4) is 11.5 Å². The number of fused-ring (bicyclic) bond motifs is 2. The quantitative estimate of drug-likeness (QED) is 0.563. The fourth-order valence-corrected chi connectivity index (χ4v) is 2.04.